The first-order valence-corrected chi connectivity index (χ1v) is 8.17. The number of nitrogens with one attached hydrogen (secondary N) is 1. The first-order valence-electron chi connectivity index (χ1n) is 8.17. The van der Waals surface area contributed by atoms with E-state index in [0.717, 1.165) is 4.57 Å². The van der Waals surface area contributed by atoms with Crippen molar-refractivity contribution in [2.75, 3.05) is 20.1 Å². The maximum absolute atomic E-state index is 12.6. The van der Waals surface area contributed by atoms with Crippen molar-refractivity contribution in [3.05, 3.63) is 39.8 Å². The van der Waals surface area contributed by atoms with Gasteiger partial charge in [-0.15, -0.1) is 0 Å². The van der Waals surface area contributed by atoms with Gasteiger partial charge in [0, 0.05) is 31.7 Å². The average Bonchev–Trinajstić information content (AvgIpc) is 2.63. The fraction of sp³-hybridized carbons (Fsp3) is 0.353. The molecule has 2 aromatic rings. The average molecular weight is 359 g/mol. The van der Waals surface area contributed by atoms with Gasteiger partial charge in [0.1, 0.15) is 17.8 Å². The highest BCUT2D eigenvalue weighted by Gasteiger charge is 2.19. The van der Waals surface area contributed by atoms with E-state index in [1.807, 2.05) is 13.8 Å². The van der Waals surface area contributed by atoms with E-state index in [1.54, 1.807) is 4.90 Å². The topological polar surface area (TPSA) is 127 Å². The second-order valence-electron chi connectivity index (χ2n) is 5.60. The molecule has 26 heavy (non-hydrogen) atoms. The Hall–Kier alpha value is -3.23. The van der Waals surface area contributed by atoms with Gasteiger partial charge in [0.2, 0.25) is 5.91 Å². The molecule has 0 atom stereocenters. The molecule has 2 rings (SSSR count). The summed E-state index contributed by atoms with van der Waals surface area (Å²) in [6.45, 7) is 4.37. The van der Waals surface area contributed by atoms with Gasteiger partial charge >= 0.3 is 0 Å². The number of aromatic nitrogens is 2. The Balaban J connectivity index is 2.68. The van der Waals surface area contributed by atoms with E-state index < -0.39 is 11.5 Å². The van der Waals surface area contributed by atoms with Crippen molar-refractivity contribution in [2.24, 2.45) is 5.73 Å². The quantitative estimate of drug-likeness (QED) is 0.733. The number of nitrogens with zero attached hydrogens (tertiary/aromatic N) is 3. The van der Waals surface area contributed by atoms with Gasteiger partial charge in [-0.2, -0.15) is 0 Å². The standard InChI is InChI=1S/C17H21N5O4/c1-4-21(5-2)13(23)9-22-15-10(7-12(14(18)24)17(22)26)6-11(8-20-15)16(25)19-3/h6-8H,4-5,9H2,1-3H3,(H2,18,24)(H,19,25). The molecular formula is C17H21N5O4. The van der Waals surface area contributed by atoms with Crippen molar-refractivity contribution in [1.82, 2.24) is 19.8 Å². The Kier molecular flexibility index (Phi) is 5.71. The number of nitrogens with two attached hydrogens (primary N) is 1. The van der Waals surface area contributed by atoms with Gasteiger partial charge in [0.25, 0.3) is 17.4 Å². The third kappa shape index (κ3) is 3.56. The number of pyridine rings is 2. The SMILES string of the molecule is CCN(CC)C(=O)Cn1c(=O)c(C(N)=O)cc2cc(C(=O)NC)cnc21. The number of carbonyl (C=O) groups is 3. The van der Waals surface area contributed by atoms with Crippen molar-refractivity contribution in [1.29, 1.82) is 0 Å². The number of rotatable bonds is 6. The van der Waals surface area contributed by atoms with Crippen LogP contribution in [0.1, 0.15) is 34.6 Å². The molecule has 0 spiro atoms. The van der Waals surface area contributed by atoms with Gasteiger partial charge < -0.3 is 16.0 Å². The van der Waals surface area contributed by atoms with E-state index in [4.69, 9.17) is 5.73 Å². The van der Waals surface area contributed by atoms with E-state index in [0.29, 0.717) is 18.5 Å². The van der Waals surface area contributed by atoms with Crippen molar-refractivity contribution in [2.45, 2.75) is 20.4 Å². The van der Waals surface area contributed by atoms with Gasteiger partial charge in [0.05, 0.1) is 5.56 Å². The summed E-state index contributed by atoms with van der Waals surface area (Å²) in [6.07, 6.45) is 1.31. The van der Waals surface area contributed by atoms with E-state index in [-0.39, 0.29) is 35.1 Å². The lowest BCUT2D eigenvalue weighted by molar-refractivity contribution is -0.131. The largest absolute Gasteiger partial charge is 0.365 e. The molecule has 9 heteroatoms. The maximum atomic E-state index is 12.6. The molecule has 0 radical (unpaired) electrons. The van der Waals surface area contributed by atoms with Crippen molar-refractivity contribution in [3.63, 3.8) is 0 Å². The molecule has 0 aliphatic carbocycles. The molecule has 0 unspecified atom stereocenters. The molecule has 3 N–H and O–H groups in total. The van der Waals surface area contributed by atoms with Crippen LogP contribution in [0.5, 0.6) is 0 Å². The van der Waals surface area contributed by atoms with Crippen LogP contribution < -0.4 is 16.6 Å². The zero-order valence-corrected chi connectivity index (χ0v) is 14.9. The predicted octanol–water partition coefficient (Wildman–Crippen LogP) is -0.277. The Labute approximate surface area is 149 Å². The zero-order chi connectivity index (χ0) is 19.4. The van der Waals surface area contributed by atoms with Crippen LogP contribution in [-0.2, 0) is 11.3 Å². The van der Waals surface area contributed by atoms with Crippen molar-refractivity contribution >= 4 is 28.8 Å². The highest BCUT2D eigenvalue weighted by molar-refractivity contribution is 5.99. The van der Waals surface area contributed by atoms with Gasteiger partial charge in [-0.3, -0.25) is 23.7 Å². The summed E-state index contributed by atoms with van der Waals surface area (Å²) in [6, 6.07) is 2.78. The second-order valence-corrected chi connectivity index (χ2v) is 5.60. The Morgan fingerprint density at radius 3 is 2.42 bits per heavy atom. The molecule has 0 bridgehead atoms. The molecule has 0 aliphatic heterocycles. The molecular weight excluding hydrogens is 338 g/mol. The lowest BCUT2D eigenvalue weighted by atomic mass is 10.1. The summed E-state index contributed by atoms with van der Waals surface area (Å²) in [5, 5.41) is 2.84. The van der Waals surface area contributed by atoms with Gasteiger partial charge in [-0.25, -0.2) is 4.98 Å². The van der Waals surface area contributed by atoms with E-state index >= 15 is 0 Å². The highest BCUT2D eigenvalue weighted by Crippen LogP contribution is 2.14. The summed E-state index contributed by atoms with van der Waals surface area (Å²) in [5.74, 6) is -1.56. The van der Waals surface area contributed by atoms with Crippen LogP contribution in [0.2, 0.25) is 0 Å². The molecule has 0 saturated carbocycles. The first-order chi connectivity index (χ1) is 12.3. The molecule has 0 saturated heterocycles. The van der Waals surface area contributed by atoms with Crippen LogP contribution in [0.25, 0.3) is 11.0 Å². The molecule has 9 nitrogen and oxygen atoms in total. The number of carbonyl (C=O) groups excluding carboxylic acids is 3. The normalized spacial score (nSPS) is 10.6. The minimum atomic E-state index is -0.911. The lowest BCUT2D eigenvalue weighted by Crippen LogP contribution is -2.38. The van der Waals surface area contributed by atoms with Crippen LogP contribution in [-0.4, -0.2) is 52.3 Å². The monoisotopic (exact) mass is 359 g/mol. The second kappa shape index (κ2) is 7.77. The summed E-state index contributed by atoms with van der Waals surface area (Å²) in [5.41, 5.74) is 4.80. The lowest BCUT2D eigenvalue weighted by Gasteiger charge is -2.20. The molecule has 0 aliphatic rings. The summed E-state index contributed by atoms with van der Waals surface area (Å²) < 4.78 is 1.11. The van der Waals surface area contributed by atoms with Crippen molar-refractivity contribution in [3.8, 4) is 0 Å². The van der Waals surface area contributed by atoms with E-state index in [2.05, 4.69) is 10.3 Å². The fourth-order valence-electron chi connectivity index (χ4n) is 2.67. The molecule has 0 aromatic carbocycles. The number of hydrogen-bond donors (Lipinski definition) is 2. The van der Waals surface area contributed by atoms with Gasteiger partial charge in [0.15, 0.2) is 0 Å². The number of amides is 3. The van der Waals surface area contributed by atoms with Crippen LogP contribution in [0.3, 0.4) is 0 Å². The highest BCUT2D eigenvalue weighted by atomic mass is 16.2. The van der Waals surface area contributed by atoms with Crippen molar-refractivity contribution < 1.29 is 14.4 Å². The molecule has 0 fully saturated rings. The Morgan fingerprint density at radius 1 is 1.23 bits per heavy atom. The summed E-state index contributed by atoms with van der Waals surface area (Å²) >= 11 is 0. The van der Waals surface area contributed by atoms with Gasteiger partial charge in [-0.1, -0.05) is 0 Å². The summed E-state index contributed by atoms with van der Waals surface area (Å²) in [7, 11) is 1.48. The number of hydrogen-bond acceptors (Lipinski definition) is 5. The molecule has 2 heterocycles. The van der Waals surface area contributed by atoms with Gasteiger partial charge in [-0.05, 0) is 26.0 Å². The minimum absolute atomic E-state index is 0.202. The predicted molar refractivity (Wildman–Crippen MR) is 95.8 cm³/mol. The number of primary amides is 1. The molecule has 138 valence electrons. The third-order valence-corrected chi connectivity index (χ3v) is 4.09. The van der Waals surface area contributed by atoms with Crippen LogP contribution in [0.4, 0.5) is 0 Å². The fourth-order valence-corrected chi connectivity index (χ4v) is 2.67. The number of likely N-dealkylation sites (N-methyl/N-ethyl adjacent to an activating group) is 1. The van der Waals surface area contributed by atoms with E-state index in [9.17, 15) is 19.2 Å². The van der Waals surface area contributed by atoms with Crippen LogP contribution in [0.15, 0.2) is 23.1 Å². The third-order valence-electron chi connectivity index (χ3n) is 4.09. The zero-order valence-electron chi connectivity index (χ0n) is 14.9. The molecule has 3 amide bonds. The Morgan fingerprint density at radius 2 is 1.88 bits per heavy atom. The summed E-state index contributed by atoms with van der Waals surface area (Å²) in [4.78, 5) is 54.2. The maximum Gasteiger partial charge on any atom is 0.265 e. The van der Waals surface area contributed by atoms with E-state index in [1.165, 1.54) is 25.4 Å². The number of fused-ring (bicyclic) bond motifs is 1. The van der Waals surface area contributed by atoms with Crippen LogP contribution in [0, 0.1) is 0 Å². The van der Waals surface area contributed by atoms with Crippen LogP contribution >= 0.6 is 0 Å². The minimum Gasteiger partial charge on any atom is -0.365 e. The first kappa shape index (κ1) is 19.1. The molecule has 2 aromatic heterocycles. The Bertz CT molecular complexity index is 931. The smallest absolute Gasteiger partial charge is 0.265 e.